The molecule has 0 aliphatic carbocycles. The molecule has 0 fully saturated rings. The van der Waals surface area contributed by atoms with Crippen LogP contribution in [0, 0.1) is 0 Å². The molecule has 0 aromatic carbocycles. The molecular formula is C8H12ClNO3. The number of carbonyl (C=O) groups is 1. The van der Waals surface area contributed by atoms with Crippen LogP contribution >= 0.6 is 12.4 Å². The molecule has 0 unspecified atom stereocenters. The number of esters is 1. The fourth-order valence-electron chi connectivity index (χ4n) is 0.866. The summed E-state index contributed by atoms with van der Waals surface area (Å²) in [5.41, 5.74) is 5.62. The summed E-state index contributed by atoms with van der Waals surface area (Å²) in [4.78, 5) is 10.8. The zero-order chi connectivity index (χ0) is 8.97. The van der Waals surface area contributed by atoms with Gasteiger partial charge in [-0.25, -0.2) is 0 Å². The minimum Gasteiger partial charge on any atom is -0.469 e. The second-order valence-electron chi connectivity index (χ2n) is 2.40. The number of ether oxygens (including phenoxy) is 1. The summed E-state index contributed by atoms with van der Waals surface area (Å²) in [6.07, 6.45) is 1.66. The van der Waals surface area contributed by atoms with Gasteiger partial charge in [-0.1, -0.05) is 0 Å². The van der Waals surface area contributed by atoms with Gasteiger partial charge in [0.05, 0.1) is 25.8 Å². The van der Waals surface area contributed by atoms with E-state index in [1.165, 1.54) is 13.4 Å². The van der Waals surface area contributed by atoms with Crippen molar-refractivity contribution in [1.82, 2.24) is 0 Å². The Labute approximate surface area is 82.5 Å². The van der Waals surface area contributed by atoms with Gasteiger partial charge in [-0.15, -0.1) is 12.4 Å². The van der Waals surface area contributed by atoms with E-state index in [1.807, 2.05) is 0 Å². The van der Waals surface area contributed by atoms with Crippen molar-refractivity contribution >= 4 is 18.4 Å². The van der Waals surface area contributed by atoms with E-state index < -0.39 is 6.04 Å². The summed E-state index contributed by atoms with van der Waals surface area (Å²) in [5, 5.41) is 0. The van der Waals surface area contributed by atoms with Gasteiger partial charge in [-0.3, -0.25) is 4.79 Å². The van der Waals surface area contributed by atoms with Crippen LogP contribution in [0.5, 0.6) is 0 Å². The summed E-state index contributed by atoms with van der Waals surface area (Å²) in [6.45, 7) is 0. The molecule has 0 spiro atoms. The fraction of sp³-hybridized carbons (Fsp3) is 0.375. The minimum atomic E-state index is -0.410. The molecule has 0 amide bonds. The maximum Gasteiger partial charge on any atom is 0.307 e. The zero-order valence-corrected chi connectivity index (χ0v) is 8.04. The molecule has 1 atom stereocenters. The van der Waals surface area contributed by atoms with Crippen molar-refractivity contribution in [3.63, 3.8) is 0 Å². The molecular weight excluding hydrogens is 194 g/mol. The number of halogens is 1. The van der Waals surface area contributed by atoms with E-state index in [2.05, 4.69) is 4.74 Å². The summed E-state index contributed by atoms with van der Waals surface area (Å²) >= 11 is 0. The van der Waals surface area contributed by atoms with Gasteiger partial charge in [-0.2, -0.15) is 0 Å². The van der Waals surface area contributed by atoms with Crippen molar-refractivity contribution in [3.8, 4) is 0 Å². The first-order chi connectivity index (χ1) is 5.74. The van der Waals surface area contributed by atoms with Crippen molar-refractivity contribution in [2.75, 3.05) is 7.11 Å². The van der Waals surface area contributed by atoms with Gasteiger partial charge in [0.25, 0.3) is 0 Å². The Balaban J connectivity index is 0.00000144. The Morgan fingerprint density at radius 1 is 1.77 bits per heavy atom. The molecule has 0 bridgehead atoms. The van der Waals surface area contributed by atoms with Crippen molar-refractivity contribution in [3.05, 3.63) is 24.2 Å². The van der Waals surface area contributed by atoms with Gasteiger partial charge < -0.3 is 14.9 Å². The van der Waals surface area contributed by atoms with Crippen molar-refractivity contribution in [2.24, 2.45) is 5.73 Å². The van der Waals surface area contributed by atoms with Gasteiger partial charge >= 0.3 is 5.97 Å². The van der Waals surface area contributed by atoms with Gasteiger partial charge in [0.15, 0.2) is 0 Å². The quantitative estimate of drug-likeness (QED) is 0.755. The lowest BCUT2D eigenvalue weighted by Gasteiger charge is -2.05. The highest BCUT2D eigenvalue weighted by molar-refractivity contribution is 5.85. The van der Waals surface area contributed by atoms with E-state index in [0.717, 1.165) is 0 Å². The Morgan fingerprint density at radius 3 is 2.92 bits per heavy atom. The van der Waals surface area contributed by atoms with Crippen LogP contribution in [0.2, 0.25) is 0 Å². The van der Waals surface area contributed by atoms with E-state index in [4.69, 9.17) is 10.2 Å². The smallest absolute Gasteiger partial charge is 0.307 e. The van der Waals surface area contributed by atoms with Gasteiger partial charge in [0.2, 0.25) is 0 Å². The number of hydrogen-bond acceptors (Lipinski definition) is 4. The van der Waals surface area contributed by atoms with Crippen LogP contribution in [0.1, 0.15) is 18.2 Å². The normalized spacial score (nSPS) is 11.5. The lowest BCUT2D eigenvalue weighted by molar-refractivity contribution is -0.141. The fourth-order valence-corrected chi connectivity index (χ4v) is 0.866. The predicted molar refractivity (Wildman–Crippen MR) is 49.5 cm³/mol. The van der Waals surface area contributed by atoms with E-state index in [0.29, 0.717) is 5.76 Å². The third-order valence-electron chi connectivity index (χ3n) is 1.52. The largest absolute Gasteiger partial charge is 0.469 e. The Hall–Kier alpha value is -1.00. The molecule has 1 aromatic heterocycles. The Morgan fingerprint density at radius 2 is 2.46 bits per heavy atom. The van der Waals surface area contributed by atoms with Gasteiger partial charge in [-0.05, 0) is 12.1 Å². The van der Waals surface area contributed by atoms with Crippen LogP contribution in [0.15, 0.2) is 22.8 Å². The van der Waals surface area contributed by atoms with Crippen molar-refractivity contribution in [2.45, 2.75) is 12.5 Å². The van der Waals surface area contributed by atoms with E-state index in [9.17, 15) is 4.79 Å². The van der Waals surface area contributed by atoms with Crippen LogP contribution in [-0.4, -0.2) is 13.1 Å². The lowest BCUT2D eigenvalue weighted by atomic mass is 10.2. The van der Waals surface area contributed by atoms with E-state index in [-0.39, 0.29) is 24.8 Å². The SMILES string of the molecule is COC(=O)C[C@@H](N)c1ccco1.Cl. The standard InChI is InChI=1S/C8H11NO3.ClH/c1-11-8(10)5-6(9)7-3-2-4-12-7;/h2-4,6H,5,9H2,1H3;1H/t6-;/m1./s1. The molecule has 0 radical (unpaired) electrons. The van der Waals surface area contributed by atoms with Crippen LogP contribution in [0.3, 0.4) is 0 Å². The summed E-state index contributed by atoms with van der Waals surface area (Å²) in [6, 6.07) is 3.05. The van der Waals surface area contributed by atoms with Gasteiger partial charge in [0.1, 0.15) is 5.76 Å². The Bertz CT molecular complexity index is 248. The number of rotatable bonds is 3. The average molecular weight is 206 g/mol. The molecule has 0 saturated heterocycles. The third kappa shape index (κ3) is 3.48. The maximum absolute atomic E-state index is 10.8. The lowest BCUT2D eigenvalue weighted by Crippen LogP contribution is -2.15. The number of nitrogens with two attached hydrogens (primary N) is 1. The predicted octanol–water partition coefficient (Wildman–Crippen LogP) is 1.26. The van der Waals surface area contributed by atoms with Crippen LogP contribution in [0.4, 0.5) is 0 Å². The first-order valence-corrected chi connectivity index (χ1v) is 3.60. The molecule has 74 valence electrons. The topological polar surface area (TPSA) is 65.5 Å². The van der Waals surface area contributed by atoms with Crippen molar-refractivity contribution < 1.29 is 13.9 Å². The molecule has 0 saturated carbocycles. The van der Waals surface area contributed by atoms with Crippen LogP contribution in [0.25, 0.3) is 0 Å². The molecule has 0 aliphatic rings. The number of carbonyl (C=O) groups excluding carboxylic acids is 1. The van der Waals surface area contributed by atoms with Crippen LogP contribution in [-0.2, 0) is 9.53 Å². The van der Waals surface area contributed by atoms with E-state index >= 15 is 0 Å². The molecule has 1 heterocycles. The number of furan rings is 1. The molecule has 1 rings (SSSR count). The van der Waals surface area contributed by atoms with Crippen LogP contribution < -0.4 is 5.73 Å². The molecule has 5 heteroatoms. The molecule has 0 aliphatic heterocycles. The molecule has 4 nitrogen and oxygen atoms in total. The highest BCUT2D eigenvalue weighted by Crippen LogP contribution is 2.14. The molecule has 1 aromatic rings. The molecule has 2 N–H and O–H groups in total. The minimum absolute atomic E-state index is 0. The average Bonchev–Trinajstić information content (AvgIpc) is 2.56. The first kappa shape index (κ1) is 12.0. The monoisotopic (exact) mass is 205 g/mol. The summed E-state index contributed by atoms with van der Waals surface area (Å²) < 4.78 is 9.47. The highest BCUT2D eigenvalue weighted by atomic mass is 35.5. The summed E-state index contributed by atoms with van der Waals surface area (Å²) in [5.74, 6) is 0.263. The molecule has 13 heavy (non-hydrogen) atoms. The maximum atomic E-state index is 10.8. The first-order valence-electron chi connectivity index (χ1n) is 3.60. The number of methoxy groups -OCH3 is 1. The third-order valence-corrected chi connectivity index (χ3v) is 1.52. The second-order valence-corrected chi connectivity index (χ2v) is 2.40. The summed E-state index contributed by atoms with van der Waals surface area (Å²) in [7, 11) is 1.33. The zero-order valence-electron chi connectivity index (χ0n) is 7.23. The van der Waals surface area contributed by atoms with E-state index in [1.54, 1.807) is 12.1 Å². The number of hydrogen-bond donors (Lipinski definition) is 1. The van der Waals surface area contributed by atoms with Crippen molar-refractivity contribution in [1.29, 1.82) is 0 Å². The van der Waals surface area contributed by atoms with Gasteiger partial charge in [0, 0.05) is 0 Å². The highest BCUT2D eigenvalue weighted by Gasteiger charge is 2.13. The Kier molecular flexibility index (Phi) is 5.18. The second kappa shape index (κ2) is 5.61.